The Hall–Kier alpha value is -0.870. The first-order chi connectivity index (χ1) is 15.2. The highest BCUT2D eigenvalue weighted by atomic mass is 79.9. The van der Waals surface area contributed by atoms with E-state index >= 15 is 0 Å². The molecule has 2 rings (SSSR count). The van der Waals surface area contributed by atoms with Crippen molar-refractivity contribution in [2.24, 2.45) is 0 Å². The maximum atomic E-state index is 12.2. The molecule has 1 amide bonds. The Morgan fingerprint density at radius 3 is 2.16 bits per heavy atom. The van der Waals surface area contributed by atoms with Crippen molar-refractivity contribution < 1.29 is 14.3 Å². The molecule has 0 aromatic heterocycles. The molecule has 0 aliphatic carbocycles. The summed E-state index contributed by atoms with van der Waals surface area (Å²) in [7, 11) is 5.71. The zero-order valence-corrected chi connectivity index (χ0v) is 24.5. The molecule has 2 aromatic rings. The van der Waals surface area contributed by atoms with Crippen LogP contribution in [-0.4, -0.2) is 51.7 Å². The summed E-state index contributed by atoms with van der Waals surface area (Å²) in [5.74, 6) is 1.37. The lowest BCUT2D eigenvalue weighted by Gasteiger charge is -2.14. The molecule has 0 unspecified atom stereocenters. The Morgan fingerprint density at radius 1 is 1.00 bits per heavy atom. The fourth-order valence-corrected chi connectivity index (χ4v) is 5.94. The first kappa shape index (κ1) is 27.4. The lowest BCUT2D eigenvalue weighted by atomic mass is 10.1. The summed E-state index contributed by atoms with van der Waals surface area (Å²) in [5, 5.41) is 2.92. The number of hydrogen-bond acceptors (Lipinski definition) is 4. The molecule has 0 heterocycles. The molecule has 9 heteroatoms. The number of carbonyl (C=O) groups excluding carboxylic acids is 1. The summed E-state index contributed by atoms with van der Waals surface area (Å²) >= 11 is 14.1. The second kappa shape index (κ2) is 13.7. The molecule has 0 bridgehead atoms. The van der Waals surface area contributed by atoms with Crippen molar-refractivity contribution in [2.75, 3.05) is 40.9 Å². The highest BCUT2D eigenvalue weighted by molar-refractivity contribution is 9.11. The second-order valence-electron chi connectivity index (χ2n) is 7.29. The SMILES string of the molecule is COc1c(Br)cc(C=CC(=O)NCCc2cc(Br)c(OCCCN(C)C)c(Br)c2)cc1Br. The van der Waals surface area contributed by atoms with Gasteiger partial charge in [-0.3, -0.25) is 4.79 Å². The van der Waals surface area contributed by atoms with Gasteiger partial charge in [-0.1, -0.05) is 0 Å². The minimum absolute atomic E-state index is 0.146. The minimum Gasteiger partial charge on any atom is -0.494 e. The van der Waals surface area contributed by atoms with E-state index in [0.29, 0.717) is 25.3 Å². The summed E-state index contributed by atoms with van der Waals surface area (Å²) < 4.78 is 14.6. The average molecular weight is 698 g/mol. The summed E-state index contributed by atoms with van der Waals surface area (Å²) in [5.41, 5.74) is 1.98. The predicted octanol–water partition coefficient (Wildman–Crippen LogP) is 6.45. The molecular formula is C23H26Br4N2O3. The van der Waals surface area contributed by atoms with E-state index in [1.807, 2.05) is 38.4 Å². The van der Waals surface area contributed by atoms with Gasteiger partial charge in [-0.15, -0.1) is 0 Å². The van der Waals surface area contributed by atoms with Gasteiger partial charge in [0.1, 0.15) is 11.5 Å². The molecule has 0 fully saturated rings. The van der Waals surface area contributed by atoms with Crippen molar-refractivity contribution in [3.05, 3.63) is 59.4 Å². The fourth-order valence-electron chi connectivity index (χ4n) is 2.88. The number of amides is 1. The Labute approximate surface area is 223 Å². The highest BCUT2D eigenvalue weighted by Gasteiger charge is 2.10. The predicted molar refractivity (Wildman–Crippen MR) is 145 cm³/mol. The van der Waals surface area contributed by atoms with Crippen LogP contribution in [0.15, 0.2) is 48.2 Å². The van der Waals surface area contributed by atoms with E-state index in [-0.39, 0.29) is 5.91 Å². The third-order valence-corrected chi connectivity index (χ3v) is 6.78. The molecule has 174 valence electrons. The summed E-state index contributed by atoms with van der Waals surface area (Å²) in [4.78, 5) is 14.3. The molecular weight excluding hydrogens is 672 g/mol. The van der Waals surface area contributed by atoms with Crippen molar-refractivity contribution in [3.8, 4) is 11.5 Å². The summed E-state index contributed by atoms with van der Waals surface area (Å²) in [6.45, 7) is 2.16. The van der Waals surface area contributed by atoms with Gasteiger partial charge in [-0.2, -0.15) is 0 Å². The van der Waals surface area contributed by atoms with Crippen LogP contribution in [0.4, 0.5) is 0 Å². The van der Waals surface area contributed by atoms with Crippen molar-refractivity contribution in [3.63, 3.8) is 0 Å². The molecule has 0 spiro atoms. The van der Waals surface area contributed by atoms with Gasteiger partial charge < -0.3 is 19.7 Å². The number of benzene rings is 2. The molecule has 5 nitrogen and oxygen atoms in total. The van der Waals surface area contributed by atoms with Crippen molar-refractivity contribution >= 4 is 75.7 Å². The van der Waals surface area contributed by atoms with E-state index in [4.69, 9.17) is 9.47 Å². The molecule has 0 radical (unpaired) electrons. The van der Waals surface area contributed by atoms with Crippen LogP contribution in [-0.2, 0) is 11.2 Å². The first-order valence-corrected chi connectivity index (χ1v) is 13.1. The lowest BCUT2D eigenvalue weighted by Crippen LogP contribution is -2.23. The quantitative estimate of drug-likeness (QED) is 0.217. The van der Waals surface area contributed by atoms with Crippen LogP contribution in [0, 0.1) is 0 Å². The first-order valence-electron chi connectivity index (χ1n) is 9.95. The molecule has 0 aliphatic rings. The number of nitrogens with zero attached hydrogens (tertiary/aromatic N) is 1. The van der Waals surface area contributed by atoms with E-state index in [2.05, 4.69) is 73.9 Å². The summed E-state index contributed by atoms with van der Waals surface area (Å²) in [6, 6.07) is 7.85. The van der Waals surface area contributed by atoms with Crippen LogP contribution >= 0.6 is 63.7 Å². The zero-order chi connectivity index (χ0) is 23.7. The van der Waals surface area contributed by atoms with Gasteiger partial charge >= 0.3 is 0 Å². The van der Waals surface area contributed by atoms with Gasteiger partial charge in [0.05, 0.1) is 31.6 Å². The smallest absolute Gasteiger partial charge is 0.244 e. The summed E-state index contributed by atoms with van der Waals surface area (Å²) in [6.07, 6.45) is 4.95. The van der Waals surface area contributed by atoms with Crippen molar-refractivity contribution in [2.45, 2.75) is 12.8 Å². The average Bonchev–Trinajstić information content (AvgIpc) is 2.71. The van der Waals surface area contributed by atoms with E-state index in [1.54, 1.807) is 13.2 Å². The largest absolute Gasteiger partial charge is 0.494 e. The molecule has 1 N–H and O–H groups in total. The lowest BCUT2D eigenvalue weighted by molar-refractivity contribution is -0.116. The molecule has 0 saturated carbocycles. The van der Waals surface area contributed by atoms with Crippen LogP contribution in [0.3, 0.4) is 0 Å². The third-order valence-electron chi connectivity index (χ3n) is 4.42. The topological polar surface area (TPSA) is 50.8 Å². The number of nitrogens with one attached hydrogen (secondary N) is 1. The van der Waals surface area contributed by atoms with Crippen LogP contribution in [0.5, 0.6) is 11.5 Å². The number of hydrogen-bond donors (Lipinski definition) is 1. The van der Waals surface area contributed by atoms with E-state index in [1.165, 1.54) is 6.08 Å². The molecule has 32 heavy (non-hydrogen) atoms. The third kappa shape index (κ3) is 8.82. The maximum Gasteiger partial charge on any atom is 0.244 e. The Morgan fingerprint density at radius 2 is 1.59 bits per heavy atom. The van der Waals surface area contributed by atoms with Gasteiger partial charge in [-0.25, -0.2) is 0 Å². The Kier molecular flexibility index (Phi) is 11.8. The van der Waals surface area contributed by atoms with Crippen LogP contribution in [0.1, 0.15) is 17.5 Å². The van der Waals surface area contributed by atoms with Gasteiger partial charge in [-0.05, 0) is 132 Å². The van der Waals surface area contributed by atoms with Crippen molar-refractivity contribution in [1.82, 2.24) is 10.2 Å². The number of carbonyl (C=O) groups is 1. The number of halogens is 4. The van der Waals surface area contributed by atoms with Crippen molar-refractivity contribution in [1.29, 1.82) is 0 Å². The van der Waals surface area contributed by atoms with Crippen LogP contribution in [0.2, 0.25) is 0 Å². The van der Waals surface area contributed by atoms with Gasteiger partial charge in [0, 0.05) is 19.2 Å². The van der Waals surface area contributed by atoms with E-state index in [9.17, 15) is 4.79 Å². The number of methoxy groups -OCH3 is 1. The van der Waals surface area contributed by atoms with Crippen LogP contribution < -0.4 is 14.8 Å². The van der Waals surface area contributed by atoms with Gasteiger partial charge in [0.25, 0.3) is 0 Å². The minimum atomic E-state index is -0.146. The molecule has 2 aromatic carbocycles. The fraction of sp³-hybridized carbons (Fsp3) is 0.348. The molecule has 0 aliphatic heterocycles. The Bertz CT molecular complexity index is 918. The van der Waals surface area contributed by atoms with Gasteiger partial charge in [0.2, 0.25) is 5.91 Å². The Balaban J connectivity index is 1.86. The molecule has 0 saturated heterocycles. The number of ether oxygens (including phenoxy) is 2. The number of rotatable bonds is 11. The zero-order valence-electron chi connectivity index (χ0n) is 18.2. The van der Waals surface area contributed by atoms with Crippen LogP contribution in [0.25, 0.3) is 6.08 Å². The van der Waals surface area contributed by atoms with E-state index < -0.39 is 0 Å². The monoisotopic (exact) mass is 694 g/mol. The normalized spacial score (nSPS) is 11.2. The standard InChI is InChI=1S/C23H26Br4N2O3/c1-29(2)9-4-10-32-23-19(26)13-16(14-20(23)27)7-8-28-21(30)6-5-15-11-17(24)22(31-3)18(25)12-15/h5-6,11-14H,4,7-10H2,1-3H3,(H,28,30). The highest BCUT2D eigenvalue weighted by Crippen LogP contribution is 2.35. The molecule has 0 atom stereocenters. The maximum absolute atomic E-state index is 12.2. The second-order valence-corrected chi connectivity index (χ2v) is 10.7. The van der Waals surface area contributed by atoms with Gasteiger partial charge in [0.15, 0.2) is 0 Å². The van der Waals surface area contributed by atoms with E-state index in [0.717, 1.165) is 47.7 Å².